The Hall–Kier alpha value is -0.960. The molecule has 2 rings (SSSR count). The van der Waals surface area contributed by atoms with Crippen molar-refractivity contribution < 1.29 is 4.39 Å². The van der Waals surface area contributed by atoms with Gasteiger partial charge in [-0.3, -0.25) is 0 Å². The third-order valence-corrected chi connectivity index (χ3v) is 3.99. The van der Waals surface area contributed by atoms with Crippen LogP contribution in [-0.2, 0) is 12.3 Å². The van der Waals surface area contributed by atoms with Crippen molar-refractivity contribution in [1.29, 1.82) is 0 Å². The van der Waals surface area contributed by atoms with Crippen LogP contribution in [0.15, 0.2) is 24.4 Å². The fourth-order valence-electron chi connectivity index (χ4n) is 2.01. The summed E-state index contributed by atoms with van der Waals surface area (Å²) < 4.78 is 15.8. The molecule has 2 aromatic rings. The van der Waals surface area contributed by atoms with Gasteiger partial charge in [-0.1, -0.05) is 26.0 Å². The van der Waals surface area contributed by atoms with E-state index in [1.807, 2.05) is 29.3 Å². The molecule has 0 aliphatic carbocycles. The molecule has 0 amide bonds. The Kier molecular flexibility index (Phi) is 3.77. The van der Waals surface area contributed by atoms with Crippen LogP contribution < -0.4 is 0 Å². The average molecular weight is 251 g/mol. The van der Waals surface area contributed by atoms with Crippen LogP contribution in [-0.4, -0.2) is 9.82 Å². The first-order chi connectivity index (χ1) is 8.13. The van der Waals surface area contributed by atoms with E-state index >= 15 is 0 Å². The van der Waals surface area contributed by atoms with Crippen molar-refractivity contribution in [3.8, 4) is 0 Å². The Morgan fingerprint density at radius 1 is 1.35 bits per heavy atom. The minimum Gasteiger partial charge on any atom is -0.345 e. The predicted octanol–water partition coefficient (Wildman–Crippen LogP) is 4.44. The molecule has 1 aromatic heterocycles. The number of aromatic nitrogens is 1. The largest absolute Gasteiger partial charge is 0.345 e. The lowest BCUT2D eigenvalue weighted by Crippen LogP contribution is -1.92. The lowest BCUT2D eigenvalue weighted by molar-refractivity contribution is 0.626. The van der Waals surface area contributed by atoms with Gasteiger partial charge in [-0.2, -0.15) is 11.8 Å². The summed E-state index contributed by atoms with van der Waals surface area (Å²) >= 11 is 1.89. The van der Waals surface area contributed by atoms with E-state index in [0.29, 0.717) is 5.25 Å². The van der Waals surface area contributed by atoms with Gasteiger partial charge in [0.1, 0.15) is 5.82 Å². The number of thioether (sulfide) groups is 1. The number of aryl methyl sites for hydroxylation is 1. The SMILES string of the molecule is CCn1cc(CSC(C)C)c2cccc(F)c21. The summed E-state index contributed by atoms with van der Waals surface area (Å²) in [6.45, 7) is 7.23. The maximum atomic E-state index is 13.8. The molecule has 0 fully saturated rings. The van der Waals surface area contributed by atoms with E-state index in [-0.39, 0.29) is 5.82 Å². The summed E-state index contributed by atoms with van der Waals surface area (Å²) in [5.41, 5.74) is 1.98. The van der Waals surface area contributed by atoms with Crippen molar-refractivity contribution in [2.24, 2.45) is 0 Å². The topological polar surface area (TPSA) is 4.93 Å². The maximum absolute atomic E-state index is 13.8. The molecule has 92 valence electrons. The van der Waals surface area contributed by atoms with Crippen LogP contribution in [0.2, 0.25) is 0 Å². The van der Waals surface area contributed by atoms with Gasteiger partial charge in [-0.15, -0.1) is 0 Å². The second-order valence-electron chi connectivity index (χ2n) is 4.44. The van der Waals surface area contributed by atoms with E-state index in [9.17, 15) is 4.39 Å². The minimum absolute atomic E-state index is 0.120. The van der Waals surface area contributed by atoms with Gasteiger partial charge < -0.3 is 4.57 Å². The van der Waals surface area contributed by atoms with Crippen molar-refractivity contribution in [3.63, 3.8) is 0 Å². The van der Waals surface area contributed by atoms with Crippen molar-refractivity contribution in [1.82, 2.24) is 4.57 Å². The molecule has 0 aliphatic heterocycles. The second kappa shape index (κ2) is 5.13. The lowest BCUT2D eigenvalue weighted by Gasteiger charge is -2.03. The molecule has 1 nitrogen and oxygen atoms in total. The van der Waals surface area contributed by atoms with Gasteiger partial charge in [0.15, 0.2) is 0 Å². The normalized spacial score (nSPS) is 11.6. The molecule has 0 atom stereocenters. The van der Waals surface area contributed by atoms with Crippen LogP contribution in [0.3, 0.4) is 0 Å². The summed E-state index contributed by atoms with van der Waals surface area (Å²) in [6.07, 6.45) is 2.09. The average Bonchev–Trinajstić information content (AvgIpc) is 2.66. The van der Waals surface area contributed by atoms with Crippen LogP contribution in [0, 0.1) is 5.82 Å². The maximum Gasteiger partial charge on any atom is 0.147 e. The monoisotopic (exact) mass is 251 g/mol. The molecule has 0 aliphatic rings. The number of benzene rings is 1. The highest BCUT2D eigenvalue weighted by molar-refractivity contribution is 7.99. The zero-order valence-electron chi connectivity index (χ0n) is 10.5. The molecule has 0 unspecified atom stereocenters. The first-order valence-electron chi connectivity index (χ1n) is 6.01. The number of fused-ring (bicyclic) bond motifs is 1. The summed E-state index contributed by atoms with van der Waals surface area (Å²) in [6, 6.07) is 5.34. The Bertz CT molecular complexity index is 516. The van der Waals surface area contributed by atoms with E-state index in [1.165, 1.54) is 11.6 Å². The van der Waals surface area contributed by atoms with Crippen LogP contribution in [0.4, 0.5) is 4.39 Å². The van der Waals surface area contributed by atoms with E-state index in [0.717, 1.165) is 23.2 Å². The summed E-state index contributed by atoms with van der Waals surface area (Å²) in [4.78, 5) is 0. The molecule has 0 N–H and O–H groups in total. The molecule has 3 heteroatoms. The fraction of sp³-hybridized carbons (Fsp3) is 0.429. The van der Waals surface area contributed by atoms with Gasteiger partial charge in [-0.05, 0) is 23.8 Å². The smallest absolute Gasteiger partial charge is 0.147 e. The Morgan fingerprint density at radius 2 is 2.12 bits per heavy atom. The molecule has 17 heavy (non-hydrogen) atoms. The highest BCUT2D eigenvalue weighted by Gasteiger charge is 2.11. The molecular weight excluding hydrogens is 233 g/mol. The van der Waals surface area contributed by atoms with Gasteiger partial charge in [0.2, 0.25) is 0 Å². The number of halogens is 1. The van der Waals surface area contributed by atoms with Gasteiger partial charge >= 0.3 is 0 Å². The third-order valence-electron chi connectivity index (χ3n) is 2.84. The van der Waals surface area contributed by atoms with E-state index < -0.39 is 0 Å². The van der Waals surface area contributed by atoms with Crippen molar-refractivity contribution in [2.45, 2.75) is 38.3 Å². The molecule has 0 radical (unpaired) electrons. The lowest BCUT2D eigenvalue weighted by atomic mass is 10.2. The van der Waals surface area contributed by atoms with Gasteiger partial charge in [0, 0.05) is 23.9 Å². The number of hydrogen-bond donors (Lipinski definition) is 0. The van der Waals surface area contributed by atoms with E-state index in [4.69, 9.17) is 0 Å². The second-order valence-corrected chi connectivity index (χ2v) is 6.00. The van der Waals surface area contributed by atoms with Crippen LogP contribution >= 0.6 is 11.8 Å². The van der Waals surface area contributed by atoms with Gasteiger partial charge in [-0.25, -0.2) is 4.39 Å². The number of hydrogen-bond acceptors (Lipinski definition) is 1. The Labute approximate surface area is 106 Å². The molecule has 0 spiro atoms. The van der Waals surface area contributed by atoms with E-state index in [2.05, 4.69) is 20.0 Å². The number of para-hydroxylation sites is 1. The molecular formula is C14H18FNS. The quantitative estimate of drug-likeness (QED) is 0.777. The van der Waals surface area contributed by atoms with Crippen molar-refractivity contribution >= 4 is 22.7 Å². The number of rotatable bonds is 4. The van der Waals surface area contributed by atoms with Gasteiger partial charge in [0.05, 0.1) is 5.52 Å². The summed E-state index contributed by atoms with van der Waals surface area (Å²) in [5.74, 6) is 0.829. The van der Waals surface area contributed by atoms with Crippen LogP contribution in [0.25, 0.3) is 10.9 Å². The Balaban J connectivity index is 2.46. The standard InChI is InChI=1S/C14H18FNS/c1-4-16-8-11(9-17-10(2)3)12-6-5-7-13(15)14(12)16/h5-8,10H,4,9H2,1-3H3. The van der Waals surface area contributed by atoms with Crippen molar-refractivity contribution in [3.05, 3.63) is 35.8 Å². The fourth-order valence-corrected chi connectivity index (χ4v) is 2.75. The van der Waals surface area contributed by atoms with Crippen LogP contribution in [0.1, 0.15) is 26.3 Å². The molecule has 0 saturated carbocycles. The minimum atomic E-state index is -0.120. The van der Waals surface area contributed by atoms with E-state index in [1.54, 1.807) is 6.07 Å². The summed E-state index contributed by atoms with van der Waals surface area (Å²) in [5, 5.41) is 1.66. The highest BCUT2D eigenvalue weighted by Crippen LogP contribution is 2.28. The van der Waals surface area contributed by atoms with Gasteiger partial charge in [0.25, 0.3) is 0 Å². The number of nitrogens with zero attached hydrogens (tertiary/aromatic N) is 1. The third kappa shape index (κ3) is 2.49. The molecule has 0 saturated heterocycles. The highest BCUT2D eigenvalue weighted by atomic mass is 32.2. The summed E-state index contributed by atoms with van der Waals surface area (Å²) in [7, 11) is 0. The molecule has 0 bridgehead atoms. The molecule has 1 heterocycles. The zero-order valence-corrected chi connectivity index (χ0v) is 11.4. The zero-order chi connectivity index (χ0) is 12.4. The van der Waals surface area contributed by atoms with Crippen molar-refractivity contribution in [2.75, 3.05) is 0 Å². The Morgan fingerprint density at radius 3 is 2.76 bits per heavy atom. The first kappa shape index (κ1) is 12.5. The van der Waals surface area contributed by atoms with Crippen LogP contribution in [0.5, 0.6) is 0 Å². The molecule has 1 aromatic carbocycles. The first-order valence-corrected chi connectivity index (χ1v) is 7.06. The predicted molar refractivity (Wildman–Crippen MR) is 74.0 cm³/mol.